The Morgan fingerprint density at radius 3 is 2.46 bits per heavy atom. The standard InChI is InChI=1S/C12H16O/c1-3-4-10-12(2,13)11-8-6-5-7-9-11/h4-10,13H,3H2,1-2H3. The molecule has 70 valence electrons. The molecular weight excluding hydrogens is 160 g/mol. The summed E-state index contributed by atoms with van der Waals surface area (Å²) in [7, 11) is 0. The summed E-state index contributed by atoms with van der Waals surface area (Å²) in [5.74, 6) is 0. The van der Waals surface area contributed by atoms with Gasteiger partial charge in [0.25, 0.3) is 0 Å². The Kier molecular flexibility index (Phi) is 3.26. The molecule has 0 spiro atoms. The van der Waals surface area contributed by atoms with Crippen LogP contribution in [0.2, 0.25) is 0 Å². The van der Waals surface area contributed by atoms with Crippen LogP contribution in [0.1, 0.15) is 25.8 Å². The van der Waals surface area contributed by atoms with Crippen molar-refractivity contribution in [3.05, 3.63) is 48.0 Å². The number of allylic oxidation sites excluding steroid dienone is 1. The molecule has 1 nitrogen and oxygen atoms in total. The van der Waals surface area contributed by atoms with Crippen molar-refractivity contribution in [2.75, 3.05) is 0 Å². The highest BCUT2D eigenvalue weighted by atomic mass is 16.3. The second-order valence-electron chi connectivity index (χ2n) is 3.32. The van der Waals surface area contributed by atoms with Crippen molar-refractivity contribution < 1.29 is 5.11 Å². The first kappa shape index (κ1) is 10.0. The molecule has 0 saturated carbocycles. The first-order chi connectivity index (χ1) is 6.17. The Labute approximate surface area is 79.7 Å². The zero-order valence-corrected chi connectivity index (χ0v) is 8.20. The summed E-state index contributed by atoms with van der Waals surface area (Å²) in [6.07, 6.45) is 4.76. The van der Waals surface area contributed by atoms with Gasteiger partial charge in [-0.3, -0.25) is 0 Å². The van der Waals surface area contributed by atoms with Gasteiger partial charge in [0.15, 0.2) is 0 Å². The summed E-state index contributed by atoms with van der Waals surface area (Å²) < 4.78 is 0. The van der Waals surface area contributed by atoms with E-state index in [9.17, 15) is 5.11 Å². The lowest BCUT2D eigenvalue weighted by Gasteiger charge is -2.19. The fourth-order valence-corrected chi connectivity index (χ4v) is 1.22. The van der Waals surface area contributed by atoms with Gasteiger partial charge in [0.2, 0.25) is 0 Å². The smallest absolute Gasteiger partial charge is 0.105 e. The maximum absolute atomic E-state index is 10.0. The topological polar surface area (TPSA) is 20.2 Å². The van der Waals surface area contributed by atoms with Crippen LogP contribution in [0.25, 0.3) is 0 Å². The summed E-state index contributed by atoms with van der Waals surface area (Å²) in [5, 5.41) is 10.0. The lowest BCUT2D eigenvalue weighted by atomic mass is 9.95. The molecule has 0 bridgehead atoms. The van der Waals surface area contributed by atoms with Gasteiger partial charge >= 0.3 is 0 Å². The monoisotopic (exact) mass is 176 g/mol. The molecule has 0 aliphatic heterocycles. The highest BCUT2D eigenvalue weighted by Gasteiger charge is 2.17. The predicted molar refractivity (Wildman–Crippen MR) is 55.4 cm³/mol. The van der Waals surface area contributed by atoms with Crippen LogP contribution < -0.4 is 0 Å². The molecule has 1 rings (SSSR count). The first-order valence-corrected chi connectivity index (χ1v) is 4.62. The summed E-state index contributed by atoms with van der Waals surface area (Å²) in [6, 6.07) is 9.68. The van der Waals surface area contributed by atoms with Crippen LogP contribution in [-0.2, 0) is 5.60 Å². The highest BCUT2D eigenvalue weighted by Crippen LogP contribution is 2.21. The molecule has 0 aromatic heterocycles. The lowest BCUT2D eigenvalue weighted by molar-refractivity contribution is 0.111. The molecule has 1 aromatic rings. The van der Waals surface area contributed by atoms with E-state index in [1.54, 1.807) is 6.92 Å². The Bertz CT molecular complexity index is 272. The van der Waals surface area contributed by atoms with Gasteiger partial charge in [0, 0.05) is 0 Å². The Morgan fingerprint density at radius 1 is 1.31 bits per heavy atom. The van der Waals surface area contributed by atoms with Crippen molar-refractivity contribution in [3.63, 3.8) is 0 Å². The normalized spacial score (nSPS) is 15.9. The Morgan fingerprint density at radius 2 is 1.92 bits per heavy atom. The van der Waals surface area contributed by atoms with Gasteiger partial charge in [-0.2, -0.15) is 0 Å². The number of aliphatic hydroxyl groups is 1. The van der Waals surface area contributed by atoms with Gasteiger partial charge in [0.1, 0.15) is 5.60 Å². The minimum Gasteiger partial charge on any atom is -0.381 e. The Hall–Kier alpha value is -1.08. The fraction of sp³-hybridized carbons (Fsp3) is 0.333. The second kappa shape index (κ2) is 4.24. The fourth-order valence-electron chi connectivity index (χ4n) is 1.22. The number of rotatable bonds is 3. The zero-order valence-electron chi connectivity index (χ0n) is 8.20. The summed E-state index contributed by atoms with van der Waals surface area (Å²) >= 11 is 0. The molecule has 0 aliphatic carbocycles. The third-order valence-electron chi connectivity index (χ3n) is 2.04. The SMILES string of the molecule is CCC=CC(C)(O)c1ccccc1. The third-order valence-corrected chi connectivity index (χ3v) is 2.04. The molecule has 13 heavy (non-hydrogen) atoms. The first-order valence-electron chi connectivity index (χ1n) is 4.62. The third kappa shape index (κ3) is 2.71. The molecule has 0 radical (unpaired) electrons. The van der Waals surface area contributed by atoms with Crippen LogP contribution >= 0.6 is 0 Å². The van der Waals surface area contributed by atoms with Crippen LogP contribution in [0, 0.1) is 0 Å². The van der Waals surface area contributed by atoms with Gasteiger partial charge in [-0.05, 0) is 18.9 Å². The van der Waals surface area contributed by atoms with Crippen LogP contribution in [0.15, 0.2) is 42.5 Å². The van der Waals surface area contributed by atoms with Crippen LogP contribution in [0.5, 0.6) is 0 Å². The molecule has 0 aliphatic rings. The average molecular weight is 176 g/mol. The predicted octanol–water partition coefficient (Wildman–Crippen LogP) is 2.86. The van der Waals surface area contributed by atoms with Gasteiger partial charge in [-0.15, -0.1) is 0 Å². The van der Waals surface area contributed by atoms with Crippen molar-refractivity contribution in [1.29, 1.82) is 0 Å². The summed E-state index contributed by atoms with van der Waals surface area (Å²) in [5.41, 5.74) is 0.0942. The average Bonchev–Trinajstić information content (AvgIpc) is 2.16. The molecule has 1 heteroatoms. The molecular formula is C12H16O. The van der Waals surface area contributed by atoms with Crippen LogP contribution in [0.3, 0.4) is 0 Å². The van der Waals surface area contributed by atoms with E-state index in [0.717, 1.165) is 12.0 Å². The summed E-state index contributed by atoms with van der Waals surface area (Å²) in [6.45, 7) is 3.85. The van der Waals surface area contributed by atoms with Crippen LogP contribution in [0.4, 0.5) is 0 Å². The molecule has 1 unspecified atom stereocenters. The van der Waals surface area contributed by atoms with Crippen molar-refractivity contribution in [2.24, 2.45) is 0 Å². The van der Waals surface area contributed by atoms with Crippen molar-refractivity contribution in [3.8, 4) is 0 Å². The quantitative estimate of drug-likeness (QED) is 0.702. The van der Waals surface area contributed by atoms with E-state index in [4.69, 9.17) is 0 Å². The second-order valence-corrected chi connectivity index (χ2v) is 3.32. The highest BCUT2D eigenvalue weighted by molar-refractivity contribution is 5.25. The van der Waals surface area contributed by atoms with Crippen molar-refractivity contribution in [2.45, 2.75) is 25.9 Å². The van der Waals surface area contributed by atoms with Gasteiger partial charge in [-0.25, -0.2) is 0 Å². The number of hydrogen-bond donors (Lipinski definition) is 1. The minimum absolute atomic E-state index is 0.836. The Balaban J connectivity index is 2.87. The van der Waals surface area contributed by atoms with Gasteiger partial charge in [-0.1, -0.05) is 49.4 Å². The maximum Gasteiger partial charge on any atom is 0.105 e. The van der Waals surface area contributed by atoms with Crippen molar-refractivity contribution >= 4 is 0 Å². The molecule has 0 fully saturated rings. The number of hydrogen-bond acceptors (Lipinski definition) is 1. The lowest BCUT2D eigenvalue weighted by Crippen LogP contribution is -2.17. The number of benzene rings is 1. The molecule has 0 saturated heterocycles. The van der Waals surface area contributed by atoms with Crippen LogP contribution in [-0.4, -0.2) is 5.11 Å². The molecule has 1 N–H and O–H groups in total. The van der Waals surface area contributed by atoms with E-state index in [1.165, 1.54) is 0 Å². The van der Waals surface area contributed by atoms with Crippen molar-refractivity contribution in [1.82, 2.24) is 0 Å². The minimum atomic E-state index is -0.836. The maximum atomic E-state index is 10.0. The van der Waals surface area contributed by atoms with E-state index in [0.29, 0.717) is 0 Å². The van der Waals surface area contributed by atoms with E-state index >= 15 is 0 Å². The van der Waals surface area contributed by atoms with Gasteiger partial charge in [0.05, 0.1) is 0 Å². The largest absolute Gasteiger partial charge is 0.381 e. The van der Waals surface area contributed by atoms with E-state index < -0.39 is 5.60 Å². The van der Waals surface area contributed by atoms with E-state index in [1.807, 2.05) is 42.5 Å². The molecule has 1 atom stereocenters. The van der Waals surface area contributed by atoms with E-state index in [2.05, 4.69) is 6.92 Å². The zero-order chi connectivity index (χ0) is 9.73. The molecule has 0 heterocycles. The summed E-state index contributed by atoms with van der Waals surface area (Å²) in [4.78, 5) is 0. The molecule has 1 aromatic carbocycles. The van der Waals surface area contributed by atoms with Gasteiger partial charge < -0.3 is 5.11 Å². The van der Waals surface area contributed by atoms with E-state index in [-0.39, 0.29) is 0 Å². The molecule has 0 amide bonds.